The molecule has 0 radical (unpaired) electrons. The first-order chi connectivity index (χ1) is 8.16. The minimum absolute atomic E-state index is 0.254. The van der Waals surface area contributed by atoms with E-state index in [4.69, 9.17) is 5.73 Å². The van der Waals surface area contributed by atoms with Gasteiger partial charge in [-0.1, -0.05) is 29.8 Å². The molecule has 0 aliphatic carbocycles. The number of rotatable bonds is 3. The minimum atomic E-state index is -0.675. The number of carbonyl (C=O) groups excluding carboxylic acids is 1. The van der Waals surface area contributed by atoms with Crippen molar-refractivity contribution < 1.29 is 4.79 Å². The lowest BCUT2D eigenvalue weighted by molar-refractivity contribution is -0.117. The number of amides is 1. The Hall–Kier alpha value is -2.14. The van der Waals surface area contributed by atoms with Crippen LogP contribution in [0.5, 0.6) is 0 Å². The lowest BCUT2D eigenvalue weighted by Crippen LogP contribution is -2.27. The topological polar surface area (TPSA) is 83.8 Å². The summed E-state index contributed by atoms with van der Waals surface area (Å²) in [5, 5.41) is 9.03. The predicted octanol–water partition coefficient (Wildman–Crippen LogP) is 1.36. The summed E-state index contributed by atoms with van der Waals surface area (Å²) in [6.45, 7) is 1.99. The maximum absolute atomic E-state index is 11.8. The number of benzene rings is 1. The van der Waals surface area contributed by atoms with Crippen molar-refractivity contribution >= 4 is 11.6 Å². The molecule has 0 saturated carbocycles. The Morgan fingerprint density at radius 3 is 2.71 bits per heavy atom. The number of nitrogens with two attached hydrogens (primary N) is 1. The number of carbonyl (C=O) groups is 1. The van der Waals surface area contributed by atoms with Gasteiger partial charge in [0, 0.05) is 6.20 Å². The van der Waals surface area contributed by atoms with Crippen LogP contribution in [0.15, 0.2) is 36.7 Å². The number of nitrogens with one attached hydrogen (secondary N) is 2. The highest BCUT2D eigenvalue weighted by molar-refractivity contribution is 5.95. The first-order valence-electron chi connectivity index (χ1n) is 5.28. The summed E-state index contributed by atoms with van der Waals surface area (Å²) in [6.07, 6.45) is 3.12. The zero-order valence-electron chi connectivity index (χ0n) is 9.47. The van der Waals surface area contributed by atoms with Gasteiger partial charge in [-0.3, -0.25) is 9.89 Å². The van der Waals surface area contributed by atoms with Gasteiger partial charge in [-0.2, -0.15) is 5.10 Å². The third kappa shape index (κ3) is 2.70. The molecule has 17 heavy (non-hydrogen) atoms. The lowest BCUT2D eigenvalue weighted by atomic mass is 10.1. The van der Waals surface area contributed by atoms with E-state index in [2.05, 4.69) is 15.5 Å². The van der Waals surface area contributed by atoms with Crippen molar-refractivity contribution in [3.8, 4) is 0 Å². The van der Waals surface area contributed by atoms with Crippen LogP contribution in [-0.2, 0) is 4.79 Å². The Balaban J connectivity index is 2.07. The van der Waals surface area contributed by atoms with Gasteiger partial charge in [0.15, 0.2) is 0 Å². The van der Waals surface area contributed by atoms with Gasteiger partial charge in [-0.05, 0) is 12.5 Å². The third-order valence-electron chi connectivity index (χ3n) is 2.48. The molecule has 2 aromatic rings. The fourth-order valence-electron chi connectivity index (χ4n) is 1.46. The molecule has 1 aromatic heterocycles. The van der Waals surface area contributed by atoms with Gasteiger partial charge < -0.3 is 11.1 Å². The summed E-state index contributed by atoms with van der Waals surface area (Å²) in [7, 11) is 0. The number of anilines is 1. The summed E-state index contributed by atoms with van der Waals surface area (Å²) in [4.78, 5) is 11.8. The van der Waals surface area contributed by atoms with Gasteiger partial charge in [-0.25, -0.2) is 0 Å². The highest BCUT2D eigenvalue weighted by Crippen LogP contribution is 2.13. The number of H-pyrrole nitrogens is 1. The molecule has 4 N–H and O–H groups in total. The van der Waals surface area contributed by atoms with E-state index in [-0.39, 0.29) is 5.91 Å². The van der Waals surface area contributed by atoms with Crippen molar-refractivity contribution in [1.29, 1.82) is 0 Å². The maximum Gasteiger partial charge on any atom is 0.245 e. The fourth-order valence-corrected chi connectivity index (χ4v) is 1.46. The molecule has 1 atom stereocenters. The molecular formula is C12H14N4O. The average Bonchev–Trinajstić information content (AvgIpc) is 2.82. The SMILES string of the molecule is Cc1ccc(C(N)C(=O)Nc2cn[nH]c2)cc1. The first-order valence-corrected chi connectivity index (χ1v) is 5.28. The Kier molecular flexibility index (Phi) is 3.20. The molecule has 5 heteroatoms. The van der Waals surface area contributed by atoms with Crippen LogP contribution in [0.4, 0.5) is 5.69 Å². The van der Waals surface area contributed by atoms with Crippen molar-refractivity contribution in [3.05, 3.63) is 47.8 Å². The van der Waals surface area contributed by atoms with E-state index in [1.54, 1.807) is 6.20 Å². The van der Waals surface area contributed by atoms with Crippen molar-refractivity contribution in [2.45, 2.75) is 13.0 Å². The van der Waals surface area contributed by atoms with Crippen LogP contribution in [0.1, 0.15) is 17.2 Å². The molecule has 0 aliphatic rings. The number of aryl methyl sites for hydroxylation is 1. The normalized spacial score (nSPS) is 12.1. The molecule has 2 rings (SSSR count). The zero-order valence-corrected chi connectivity index (χ0v) is 9.47. The maximum atomic E-state index is 11.8. The standard InChI is InChI=1S/C12H14N4O/c1-8-2-4-9(5-3-8)11(13)12(17)16-10-6-14-15-7-10/h2-7,11H,13H2,1H3,(H,14,15)(H,16,17). The predicted molar refractivity (Wildman–Crippen MR) is 65.3 cm³/mol. The summed E-state index contributed by atoms with van der Waals surface area (Å²) in [5.74, 6) is -0.254. The second kappa shape index (κ2) is 4.80. The van der Waals surface area contributed by atoms with Crippen LogP contribution in [0.2, 0.25) is 0 Å². The molecule has 0 fully saturated rings. The summed E-state index contributed by atoms with van der Waals surface area (Å²) >= 11 is 0. The molecule has 0 saturated heterocycles. The smallest absolute Gasteiger partial charge is 0.245 e. The molecule has 1 unspecified atom stereocenters. The molecule has 1 heterocycles. The first kappa shape index (κ1) is 11.3. The summed E-state index contributed by atoms with van der Waals surface area (Å²) in [5.41, 5.74) is 8.40. The number of hydrogen-bond donors (Lipinski definition) is 3. The monoisotopic (exact) mass is 230 g/mol. The van der Waals surface area contributed by atoms with Crippen LogP contribution in [0, 0.1) is 6.92 Å². The molecule has 5 nitrogen and oxygen atoms in total. The molecule has 1 amide bonds. The van der Waals surface area contributed by atoms with Crippen molar-refractivity contribution in [2.24, 2.45) is 5.73 Å². The van der Waals surface area contributed by atoms with E-state index >= 15 is 0 Å². The van der Waals surface area contributed by atoms with E-state index in [0.717, 1.165) is 11.1 Å². The summed E-state index contributed by atoms with van der Waals surface area (Å²) in [6, 6.07) is 6.90. The van der Waals surface area contributed by atoms with E-state index in [9.17, 15) is 4.79 Å². The van der Waals surface area contributed by atoms with Gasteiger partial charge in [0.2, 0.25) is 5.91 Å². The number of nitrogens with zero attached hydrogens (tertiary/aromatic N) is 1. The third-order valence-corrected chi connectivity index (χ3v) is 2.48. The molecule has 0 aliphatic heterocycles. The van der Waals surface area contributed by atoms with Gasteiger partial charge in [0.1, 0.15) is 6.04 Å². The highest BCUT2D eigenvalue weighted by atomic mass is 16.2. The largest absolute Gasteiger partial charge is 0.322 e. The Bertz CT molecular complexity index is 490. The van der Waals surface area contributed by atoms with Crippen molar-refractivity contribution in [1.82, 2.24) is 10.2 Å². The van der Waals surface area contributed by atoms with E-state index in [1.807, 2.05) is 31.2 Å². The zero-order chi connectivity index (χ0) is 12.3. The Morgan fingerprint density at radius 2 is 2.12 bits per heavy atom. The van der Waals surface area contributed by atoms with Gasteiger partial charge >= 0.3 is 0 Å². The second-order valence-corrected chi connectivity index (χ2v) is 3.86. The summed E-state index contributed by atoms with van der Waals surface area (Å²) < 4.78 is 0. The van der Waals surface area contributed by atoms with Crippen LogP contribution in [0.3, 0.4) is 0 Å². The van der Waals surface area contributed by atoms with Gasteiger partial charge in [-0.15, -0.1) is 0 Å². The molecule has 0 spiro atoms. The number of aromatic nitrogens is 2. The van der Waals surface area contributed by atoms with Gasteiger partial charge in [0.05, 0.1) is 11.9 Å². The second-order valence-electron chi connectivity index (χ2n) is 3.86. The van der Waals surface area contributed by atoms with Crippen LogP contribution in [-0.4, -0.2) is 16.1 Å². The van der Waals surface area contributed by atoms with Gasteiger partial charge in [0.25, 0.3) is 0 Å². The van der Waals surface area contributed by atoms with Crippen LogP contribution in [0.25, 0.3) is 0 Å². The molecule has 88 valence electrons. The fraction of sp³-hybridized carbons (Fsp3) is 0.167. The minimum Gasteiger partial charge on any atom is -0.322 e. The van der Waals surface area contributed by atoms with Crippen molar-refractivity contribution in [2.75, 3.05) is 5.32 Å². The van der Waals surface area contributed by atoms with Crippen LogP contribution >= 0.6 is 0 Å². The lowest BCUT2D eigenvalue weighted by Gasteiger charge is -2.11. The van der Waals surface area contributed by atoms with E-state index in [0.29, 0.717) is 5.69 Å². The molecular weight excluding hydrogens is 216 g/mol. The van der Waals surface area contributed by atoms with Crippen LogP contribution < -0.4 is 11.1 Å². The number of hydrogen-bond acceptors (Lipinski definition) is 3. The highest BCUT2D eigenvalue weighted by Gasteiger charge is 2.15. The van der Waals surface area contributed by atoms with E-state index in [1.165, 1.54) is 6.20 Å². The Labute approximate surface area is 99.0 Å². The quantitative estimate of drug-likeness (QED) is 0.744. The molecule has 0 bridgehead atoms. The molecule has 1 aromatic carbocycles. The van der Waals surface area contributed by atoms with Crippen molar-refractivity contribution in [3.63, 3.8) is 0 Å². The van der Waals surface area contributed by atoms with E-state index < -0.39 is 6.04 Å². The number of aromatic amines is 1. The Morgan fingerprint density at radius 1 is 1.41 bits per heavy atom. The average molecular weight is 230 g/mol.